The van der Waals surface area contributed by atoms with Crippen LogP contribution >= 0.6 is 15.9 Å². The van der Waals surface area contributed by atoms with Gasteiger partial charge in [0, 0.05) is 18.2 Å². The Hall–Kier alpha value is 0.150. The van der Waals surface area contributed by atoms with E-state index in [1.54, 1.807) is 0 Å². The molecule has 0 spiro atoms. The van der Waals surface area contributed by atoms with Crippen molar-refractivity contribution in [3.63, 3.8) is 0 Å². The highest BCUT2D eigenvalue weighted by molar-refractivity contribution is 9.09. The Morgan fingerprint density at radius 3 is 2.31 bits per heavy atom. The molecule has 0 N–H and O–H groups in total. The van der Waals surface area contributed by atoms with Gasteiger partial charge in [-0.25, -0.2) is 0 Å². The van der Waals surface area contributed by atoms with E-state index in [-0.39, 0.29) is 0 Å². The van der Waals surface area contributed by atoms with E-state index in [1.165, 1.54) is 12.8 Å². The second-order valence-corrected chi connectivity index (χ2v) is 4.76. The summed E-state index contributed by atoms with van der Waals surface area (Å²) in [5.74, 6) is 1.21. The molecular formula is C11H21BrO. The first kappa shape index (κ1) is 13.2. The number of ketones is 1. The van der Waals surface area contributed by atoms with Gasteiger partial charge in [-0.2, -0.15) is 0 Å². The summed E-state index contributed by atoms with van der Waals surface area (Å²) in [4.78, 5) is 11.2. The summed E-state index contributed by atoms with van der Waals surface area (Å²) in [6.07, 6.45) is 6.08. The number of carbonyl (C=O) groups excluding carboxylic acids is 1. The highest BCUT2D eigenvalue weighted by Crippen LogP contribution is 2.09. The van der Waals surface area contributed by atoms with E-state index in [9.17, 15) is 4.79 Å². The predicted molar refractivity (Wildman–Crippen MR) is 61.3 cm³/mol. The third kappa shape index (κ3) is 10.1. The summed E-state index contributed by atoms with van der Waals surface area (Å²) in [5.41, 5.74) is 0. The van der Waals surface area contributed by atoms with Crippen molar-refractivity contribution < 1.29 is 4.79 Å². The summed E-state index contributed by atoms with van der Waals surface area (Å²) in [5, 5.41) is 0.949. The van der Waals surface area contributed by atoms with Gasteiger partial charge < -0.3 is 0 Å². The lowest BCUT2D eigenvalue weighted by Gasteiger charge is -2.03. The summed E-state index contributed by atoms with van der Waals surface area (Å²) >= 11 is 3.33. The quantitative estimate of drug-likeness (QED) is 0.470. The van der Waals surface area contributed by atoms with Crippen LogP contribution in [0.25, 0.3) is 0 Å². The normalized spacial score (nSPS) is 10.8. The summed E-state index contributed by atoms with van der Waals surface area (Å²) in [6.45, 7) is 4.46. The van der Waals surface area contributed by atoms with Gasteiger partial charge in [-0.15, -0.1) is 0 Å². The molecule has 0 saturated carbocycles. The molecule has 0 aliphatic carbocycles. The first-order valence-corrected chi connectivity index (χ1v) is 6.36. The molecule has 0 heterocycles. The van der Waals surface area contributed by atoms with Gasteiger partial charge in [-0.1, -0.05) is 42.6 Å². The topological polar surface area (TPSA) is 17.1 Å². The van der Waals surface area contributed by atoms with Crippen molar-refractivity contribution in [1.82, 2.24) is 0 Å². The molecule has 2 heteroatoms. The van der Waals surface area contributed by atoms with Gasteiger partial charge in [0.25, 0.3) is 0 Å². The third-order valence-corrected chi connectivity index (χ3v) is 2.64. The van der Waals surface area contributed by atoms with Gasteiger partial charge in [0.2, 0.25) is 0 Å². The first-order chi connectivity index (χ1) is 6.16. The van der Waals surface area contributed by atoms with E-state index in [2.05, 4.69) is 29.8 Å². The Kier molecular flexibility index (Phi) is 8.84. The smallest absolute Gasteiger partial charge is 0.132 e. The van der Waals surface area contributed by atoms with E-state index >= 15 is 0 Å². The Balaban J connectivity index is 3.17. The Morgan fingerprint density at radius 1 is 1.15 bits per heavy atom. The highest BCUT2D eigenvalue weighted by atomic mass is 79.9. The summed E-state index contributed by atoms with van der Waals surface area (Å²) in [7, 11) is 0. The summed E-state index contributed by atoms with van der Waals surface area (Å²) in [6, 6.07) is 0. The fourth-order valence-corrected chi connectivity index (χ4v) is 1.54. The SMILES string of the molecule is CC(C)CCCCC(=O)CCCBr. The maximum atomic E-state index is 11.2. The van der Waals surface area contributed by atoms with Crippen molar-refractivity contribution in [3.8, 4) is 0 Å². The zero-order valence-corrected chi connectivity index (χ0v) is 10.4. The van der Waals surface area contributed by atoms with Gasteiger partial charge >= 0.3 is 0 Å². The van der Waals surface area contributed by atoms with Gasteiger partial charge in [0.1, 0.15) is 5.78 Å². The Morgan fingerprint density at radius 2 is 1.77 bits per heavy atom. The minimum atomic E-state index is 0.434. The van der Waals surface area contributed by atoms with Crippen molar-refractivity contribution >= 4 is 21.7 Å². The van der Waals surface area contributed by atoms with Crippen LogP contribution in [-0.4, -0.2) is 11.1 Å². The van der Waals surface area contributed by atoms with Crippen LogP contribution in [-0.2, 0) is 4.79 Å². The molecule has 0 saturated heterocycles. The molecular weight excluding hydrogens is 228 g/mol. The number of hydrogen-bond acceptors (Lipinski definition) is 1. The van der Waals surface area contributed by atoms with Gasteiger partial charge in [-0.3, -0.25) is 4.79 Å². The number of Topliss-reactive ketones (excluding diaryl/α,β-unsaturated/α-hetero) is 1. The molecule has 0 rings (SSSR count). The standard InChI is InChI=1S/C11H21BrO/c1-10(2)6-3-4-7-11(13)8-5-9-12/h10H,3-9H2,1-2H3. The van der Waals surface area contributed by atoms with Gasteiger partial charge in [-0.05, 0) is 18.8 Å². The van der Waals surface area contributed by atoms with Crippen molar-refractivity contribution in [1.29, 1.82) is 0 Å². The number of carbonyl (C=O) groups is 1. The van der Waals surface area contributed by atoms with E-state index in [0.717, 1.165) is 36.9 Å². The maximum absolute atomic E-state index is 11.2. The fourth-order valence-electron chi connectivity index (χ4n) is 1.26. The largest absolute Gasteiger partial charge is 0.300 e. The van der Waals surface area contributed by atoms with Gasteiger partial charge in [0.15, 0.2) is 0 Å². The Bertz CT molecular complexity index is 132. The molecule has 0 aliphatic heterocycles. The van der Waals surface area contributed by atoms with Crippen LogP contribution in [0.2, 0.25) is 0 Å². The van der Waals surface area contributed by atoms with Crippen molar-refractivity contribution in [3.05, 3.63) is 0 Å². The molecule has 0 aromatic heterocycles. The molecule has 0 atom stereocenters. The van der Waals surface area contributed by atoms with Crippen LogP contribution in [0.5, 0.6) is 0 Å². The fraction of sp³-hybridized carbons (Fsp3) is 0.909. The van der Waals surface area contributed by atoms with Crippen LogP contribution in [0.4, 0.5) is 0 Å². The van der Waals surface area contributed by atoms with Gasteiger partial charge in [0.05, 0.1) is 0 Å². The van der Waals surface area contributed by atoms with Crippen LogP contribution in [0, 0.1) is 5.92 Å². The molecule has 78 valence electrons. The molecule has 0 aromatic carbocycles. The minimum Gasteiger partial charge on any atom is -0.300 e. The number of hydrogen-bond donors (Lipinski definition) is 0. The predicted octanol–water partition coefficient (Wildman–Crippen LogP) is 3.95. The second-order valence-electron chi connectivity index (χ2n) is 3.97. The molecule has 0 radical (unpaired) electrons. The molecule has 0 aromatic rings. The lowest BCUT2D eigenvalue weighted by atomic mass is 10.0. The molecule has 0 bridgehead atoms. The molecule has 0 unspecified atom stereocenters. The minimum absolute atomic E-state index is 0.434. The maximum Gasteiger partial charge on any atom is 0.132 e. The average molecular weight is 249 g/mol. The van der Waals surface area contributed by atoms with E-state index in [1.807, 2.05) is 0 Å². The van der Waals surface area contributed by atoms with Crippen LogP contribution in [0.1, 0.15) is 52.4 Å². The van der Waals surface area contributed by atoms with Crippen molar-refractivity contribution in [2.75, 3.05) is 5.33 Å². The molecule has 0 fully saturated rings. The first-order valence-electron chi connectivity index (χ1n) is 5.24. The average Bonchev–Trinajstić information content (AvgIpc) is 2.08. The molecule has 1 nitrogen and oxygen atoms in total. The zero-order chi connectivity index (χ0) is 10.1. The lowest BCUT2D eigenvalue weighted by molar-refractivity contribution is -0.119. The second kappa shape index (κ2) is 8.74. The molecule has 13 heavy (non-hydrogen) atoms. The van der Waals surface area contributed by atoms with Crippen LogP contribution < -0.4 is 0 Å². The lowest BCUT2D eigenvalue weighted by Crippen LogP contribution is -1.98. The number of halogens is 1. The molecule has 0 amide bonds. The van der Waals surface area contributed by atoms with Crippen molar-refractivity contribution in [2.45, 2.75) is 52.4 Å². The number of alkyl halides is 1. The van der Waals surface area contributed by atoms with E-state index in [0.29, 0.717) is 5.78 Å². The van der Waals surface area contributed by atoms with E-state index in [4.69, 9.17) is 0 Å². The monoisotopic (exact) mass is 248 g/mol. The summed E-state index contributed by atoms with van der Waals surface area (Å²) < 4.78 is 0. The zero-order valence-electron chi connectivity index (χ0n) is 8.81. The van der Waals surface area contributed by atoms with Crippen LogP contribution in [0.15, 0.2) is 0 Å². The highest BCUT2D eigenvalue weighted by Gasteiger charge is 2.01. The Labute approximate surface area is 90.4 Å². The van der Waals surface area contributed by atoms with E-state index < -0.39 is 0 Å². The van der Waals surface area contributed by atoms with Crippen molar-refractivity contribution in [2.24, 2.45) is 5.92 Å². The van der Waals surface area contributed by atoms with Crippen LogP contribution in [0.3, 0.4) is 0 Å². The number of unbranched alkanes of at least 4 members (excludes halogenated alkanes) is 1. The molecule has 0 aliphatic rings. The number of rotatable bonds is 8. The third-order valence-electron chi connectivity index (χ3n) is 2.08.